The minimum Gasteiger partial charge on any atom is -0.221 e. The van der Waals surface area contributed by atoms with Crippen LogP contribution < -0.4 is 0 Å². The molecule has 0 spiro atoms. The minimum atomic E-state index is 0. The van der Waals surface area contributed by atoms with Crippen molar-refractivity contribution >= 4 is 11.0 Å². The molecule has 0 aliphatic carbocycles. The van der Waals surface area contributed by atoms with Crippen LogP contribution in [0.2, 0.25) is 0 Å². The van der Waals surface area contributed by atoms with E-state index in [0.29, 0.717) is 0 Å². The van der Waals surface area contributed by atoms with E-state index in [4.69, 9.17) is 10.5 Å². The quantitative estimate of drug-likeness (QED) is 0.294. The van der Waals surface area contributed by atoms with E-state index < -0.39 is 0 Å². The second-order valence-corrected chi connectivity index (χ2v) is 0.0816. The molecule has 28 valence electrons. The van der Waals surface area contributed by atoms with E-state index in [1.165, 1.54) is 0 Å². The van der Waals surface area contributed by atoms with Crippen molar-refractivity contribution in [1.82, 2.24) is 0 Å². The molecule has 0 rings (SSSR count). The molecule has 0 aromatic heterocycles. The number of rotatable bonds is 0. The predicted molar refractivity (Wildman–Crippen MR) is 12.1 cm³/mol. The molecule has 0 saturated heterocycles. The Morgan fingerprint density at radius 2 is 1.20 bits per heavy atom. The van der Waals surface area contributed by atoms with Gasteiger partial charge in [0.2, 0.25) is 0 Å². The van der Waals surface area contributed by atoms with Crippen LogP contribution in [0.4, 0.5) is 0 Å². The molecule has 0 aromatic rings. The Balaban J connectivity index is -0.0000000200. The summed E-state index contributed by atoms with van der Waals surface area (Å²) in [4.78, 5) is 0. The van der Waals surface area contributed by atoms with Crippen LogP contribution >= 0.6 is 0 Å². The van der Waals surface area contributed by atoms with Crippen LogP contribution in [0.1, 0.15) is 0 Å². The van der Waals surface area contributed by atoms with Gasteiger partial charge < -0.3 is 0 Å². The first kappa shape index (κ1) is 16.7. The first-order chi connectivity index (χ1) is 1.41. The molecular formula is H2O3SiZr. The van der Waals surface area contributed by atoms with Gasteiger partial charge in [-0.2, -0.15) is 0 Å². The Morgan fingerprint density at radius 1 is 1.20 bits per heavy atom. The molecule has 5 heteroatoms. The third kappa shape index (κ3) is 46.0. The Hall–Kier alpha value is 0.980. The van der Waals surface area contributed by atoms with Crippen LogP contribution in [0.3, 0.4) is 0 Å². The van der Waals surface area contributed by atoms with Gasteiger partial charge in [-0.15, -0.1) is 0 Å². The smallest absolute Gasteiger partial charge is 0 e. The van der Waals surface area contributed by atoms with Gasteiger partial charge in [0, 0.05) is 37.2 Å². The summed E-state index contributed by atoms with van der Waals surface area (Å²) in [7, 11) is 0. The van der Waals surface area contributed by atoms with E-state index in [9.17, 15) is 0 Å². The molecular weight excluding hydrogens is 167 g/mol. The summed E-state index contributed by atoms with van der Waals surface area (Å²) in [5, 5.41) is 15.5. The fraction of sp³-hybridized carbons (Fsp3) is 0. The molecule has 0 aliphatic heterocycles. The van der Waals surface area contributed by atoms with Crippen molar-refractivity contribution in [3.8, 4) is 0 Å². The molecule has 0 heterocycles. The fourth-order valence-electron chi connectivity index (χ4n) is 0. The van der Waals surface area contributed by atoms with Gasteiger partial charge in [0.25, 0.3) is 0 Å². The molecule has 0 bridgehead atoms. The molecule has 0 amide bonds. The molecule has 0 aromatic carbocycles. The van der Waals surface area contributed by atoms with Gasteiger partial charge in [0.1, 0.15) is 0 Å². The second kappa shape index (κ2) is 20.1. The third-order valence-corrected chi connectivity index (χ3v) is 0. The van der Waals surface area contributed by atoms with Crippen molar-refractivity contribution < 1.29 is 41.8 Å². The summed E-state index contributed by atoms with van der Waals surface area (Å²) >= 11 is 0. The first-order valence-electron chi connectivity index (χ1n) is 0.365. The Bertz CT molecular complexity index is 6.85. The zero-order chi connectivity index (χ0) is 2.71. The molecule has 2 N–H and O–H groups in total. The predicted octanol–water partition coefficient (Wildman–Crippen LogP) is -0.434. The SMILES string of the molecule is OOO.[Si].[Zr]. The molecule has 5 heavy (non-hydrogen) atoms. The molecule has 0 atom stereocenters. The monoisotopic (exact) mass is 168 g/mol. The zero-order valence-corrected chi connectivity index (χ0v) is 5.76. The maximum absolute atomic E-state index is 6.62. The van der Waals surface area contributed by atoms with Gasteiger partial charge in [-0.1, -0.05) is 5.04 Å². The van der Waals surface area contributed by atoms with Crippen molar-refractivity contribution in [1.29, 1.82) is 0 Å². The van der Waals surface area contributed by atoms with Crippen molar-refractivity contribution in [3.05, 3.63) is 0 Å². The van der Waals surface area contributed by atoms with Crippen LogP contribution in [0.25, 0.3) is 0 Å². The summed E-state index contributed by atoms with van der Waals surface area (Å²) in [5.74, 6) is 0. The van der Waals surface area contributed by atoms with Gasteiger partial charge in [-0.3, -0.25) is 0 Å². The van der Waals surface area contributed by atoms with Crippen molar-refractivity contribution in [2.75, 3.05) is 0 Å². The summed E-state index contributed by atoms with van der Waals surface area (Å²) in [6, 6.07) is 0. The maximum atomic E-state index is 6.62. The van der Waals surface area contributed by atoms with Crippen LogP contribution in [-0.4, -0.2) is 21.5 Å². The van der Waals surface area contributed by atoms with Crippen molar-refractivity contribution in [2.24, 2.45) is 0 Å². The molecule has 0 aliphatic rings. The fourth-order valence-corrected chi connectivity index (χ4v) is 0. The van der Waals surface area contributed by atoms with E-state index in [2.05, 4.69) is 5.04 Å². The van der Waals surface area contributed by atoms with Crippen LogP contribution in [-0.2, 0) is 31.2 Å². The van der Waals surface area contributed by atoms with Gasteiger partial charge >= 0.3 is 0 Å². The normalized spacial score (nSPS) is 3.60. The first-order valence-corrected chi connectivity index (χ1v) is 0.365. The third-order valence-electron chi connectivity index (χ3n) is 0. The average Bonchev–Trinajstić information content (AvgIpc) is 0.918. The molecule has 0 saturated carbocycles. The summed E-state index contributed by atoms with van der Waals surface area (Å²) in [6.07, 6.45) is 0. The van der Waals surface area contributed by atoms with Gasteiger partial charge in [0.05, 0.1) is 0 Å². The van der Waals surface area contributed by atoms with Crippen LogP contribution in [0.5, 0.6) is 0 Å². The summed E-state index contributed by atoms with van der Waals surface area (Å²) in [5.41, 5.74) is 0. The number of hydrogen-bond donors (Lipinski definition) is 2. The zero-order valence-electron chi connectivity index (χ0n) is 2.30. The Kier molecular flexibility index (Phi) is 67.2. The average molecular weight is 169 g/mol. The van der Waals surface area contributed by atoms with Crippen LogP contribution in [0.15, 0.2) is 0 Å². The topological polar surface area (TPSA) is 49.7 Å². The Morgan fingerprint density at radius 3 is 1.20 bits per heavy atom. The van der Waals surface area contributed by atoms with Gasteiger partial charge in [-0.25, -0.2) is 10.5 Å². The van der Waals surface area contributed by atoms with E-state index >= 15 is 0 Å². The van der Waals surface area contributed by atoms with Crippen molar-refractivity contribution in [3.63, 3.8) is 0 Å². The summed E-state index contributed by atoms with van der Waals surface area (Å²) in [6.45, 7) is 0. The van der Waals surface area contributed by atoms with E-state index in [1.54, 1.807) is 0 Å². The van der Waals surface area contributed by atoms with Gasteiger partial charge in [-0.05, 0) is 0 Å². The van der Waals surface area contributed by atoms with Gasteiger partial charge in [0.15, 0.2) is 0 Å². The second-order valence-electron chi connectivity index (χ2n) is 0.0816. The minimum absolute atomic E-state index is 0. The largest absolute Gasteiger partial charge is 0.221 e. The number of hydrogen-bond acceptors (Lipinski definition) is 3. The Labute approximate surface area is 53.0 Å². The summed E-state index contributed by atoms with van der Waals surface area (Å²) < 4.78 is 0. The van der Waals surface area contributed by atoms with Crippen molar-refractivity contribution in [2.45, 2.75) is 0 Å². The van der Waals surface area contributed by atoms with E-state index in [1.807, 2.05) is 0 Å². The van der Waals surface area contributed by atoms with E-state index in [0.717, 1.165) is 0 Å². The molecule has 0 unspecified atom stereocenters. The molecule has 0 fully saturated rings. The van der Waals surface area contributed by atoms with Crippen LogP contribution in [0, 0.1) is 0 Å². The van der Waals surface area contributed by atoms with E-state index in [-0.39, 0.29) is 37.2 Å². The maximum Gasteiger partial charge on any atom is 0 e. The molecule has 3 nitrogen and oxygen atoms in total. The molecule has 4 radical (unpaired) electrons. The standard InChI is InChI=1S/H2O3.Si.Zr/c1-3-2;;/h1-2H;;.